The molecule has 2 aliphatic rings. The van der Waals surface area contributed by atoms with Crippen LogP contribution in [0.25, 0.3) is 0 Å². The zero-order valence-electron chi connectivity index (χ0n) is 8.65. The zero-order valence-corrected chi connectivity index (χ0v) is 8.65. The van der Waals surface area contributed by atoms with E-state index in [1.165, 1.54) is 0 Å². The number of hydrogen-bond acceptors (Lipinski definition) is 3. The number of piperidine rings is 1. The highest BCUT2D eigenvalue weighted by molar-refractivity contribution is 5.70. The summed E-state index contributed by atoms with van der Waals surface area (Å²) in [6.45, 7) is 4.24. The van der Waals surface area contributed by atoms with Gasteiger partial charge in [-0.05, 0) is 33.0 Å². The van der Waals surface area contributed by atoms with Gasteiger partial charge in [0.15, 0.2) is 0 Å². The van der Waals surface area contributed by atoms with E-state index in [9.17, 15) is 4.79 Å². The van der Waals surface area contributed by atoms with Crippen LogP contribution in [0.1, 0.15) is 12.8 Å². The average Bonchev–Trinajstić information content (AvgIpc) is 2.13. The van der Waals surface area contributed by atoms with E-state index in [2.05, 4.69) is 16.8 Å². The number of rotatable bonds is 2. The number of likely N-dealkylation sites (N-methyl/N-ethyl adjacent to an activating group) is 1. The van der Waals surface area contributed by atoms with Gasteiger partial charge in [0.25, 0.3) is 0 Å². The molecule has 2 fully saturated rings. The van der Waals surface area contributed by atoms with Gasteiger partial charge in [-0.3, -0.25) is 9.69 Å². The smallest absolute Gasteiger partial charge is 0.306 e. The molecule has 80 valence electrons. The quantitative estimate of drug-likeness (QED) is 0.683. The molecule has 0 aromatic carbocycles. The first-order valence-corrected chi connectivity index (χ1v) is 5.32. The minimum atomic E-state index is -0.615. The summed E-state index contributed by atoms with van der Waals surface area (Å²) in [4.78, 5) is 15.5. The highest BCUT2D eigenvalue weighted by Crippen LogP contribution is 2.22. The summed E-state index contributed by atoms with van der Waals surface area (Å²) in [6, 6.07) is 0.690. The number of hydrogen-bond donors (Lipinski definition) is 1. The molecular weight excluding hydrogens is 180 g/mol. The van der Waals surface area contributed by atoms with Crippen LogP contribution in [-0.4, -0.2) is 60.1 Å². The van der Waals surface area contributed by atoms with E-state index in [0.717, 1.165) is 39.0 Å². The van der Waals surface area contributed by atoms with Gasteiger partial charge in [-0.2, -0.15) is 0 Å². The lowest BCUT2D eigenvalue weighted by Crippen LogP contribution is -2.59. The number of likely N-dealkylation sites (tertiary alicyclic amines) is 2. The number of carbonyl (C=O) groups is 1. The maximum Gasteiger partial charge on any atom is 0.306 e. The van der Waals surface area contributed by atoms with Gasteiger partial charge in [0.05, 0.1) is 5.92 Å². The van der Waals surface area contributed by atoms with Gasteiger partial charge in [-0.1, -0.05) is 0 Å². The van der Waals surface area contributed by atoms with E-state index in [0.29, 0.717) is 6.04 Å². The summed E-state index contributed by atoms with van der Waals surface area (Å²) in [6.07, 6.45) is 1.66. The SMILES string of the molecule is CN1CC(N2CCC(C(=O)O)CC2)C1. The molecule has 2 rings (SSSR count). The minimum absolute atomic E-state index is 0.0935. The fraction of sp³-hybridized carbons (Fsp3) is 0.900. The molecule has 0 bridgehead atoms. The van der Waals surface area contributed by atoms with Crippen molar-refractivity contribution in [2.75, 3.05) is 33.2 Å². The lowest BCUT2D eigenvalue weighted by molar-refractivity contribution is -0.143. The van der Waals surface area contributed by atoms with Gasteiger partial charge in [-0.25, -0.2) is 0 Å². The third-order valence-electron chi connectivity index (χ3n) is 3.44. The molecule has 4 nitrogen and oxygen atoms in total. The lowest BCUT2D eigenvalue weighted by Gasteiger charge is -2.45. The third kappa shape index (κ3) is 1.91. The first kappa shape index (κ1) is 9.93. The van der Waals surface area contributed by atoms with Gasteiger partial charge in [-0.15, -0.1) is 0 Å². The molecule has 0 aromatic rings. The molecule has 0 unspecified atom stereocenters. The molecular formula is C10H18N2O2. The largest absolute Gasteiger partial charge is 0.481 e. The molecule has 0 spiro atoms. The molecule has 2 saturated heterocycles. The van der Waals surface area contributed by atoms with Crippen molar-refractivity contribution < 1.29 is 9.90 Å². The van der Waals surface area contributed by atoms with E-state index in [1.807, 2.05) is 0 Å². The van der Waals surface area contributed by atoms with Crippen LogP contribution in [0.4, 0.5) is 0 Å². The first-order chi connectivity index (χ1) is 6.66. The Kier molecular flexibility index (Phi) is 2.74. The molecule has 0 aliphatic carbocycles. The maximum atomic E-state index is 10.7. The Labute approximate surface area is 84.5 Å². The van der Waals surface area contributed by atoms with Crippen LogP contribution in [0.2, 0.25) is 0 Å². The molecule has 0 amide bonds. The molecule has 2 aliphatic heterocycles. The summed E-state index contributed by atoms with van der Waals surface area (Å²) in [5, 5.41) is 8.85. The van der Waals surface area contributed by atoms with Crippen molar-refractivity contribution in [3.8, 4) is 0 Å². The van der Waals surface area contributed by atoms with Crippen LogP contribution in [0.15, 0.2) is 0 Å². The molecule has 0 aromatic heterocycles. The van der Waals surface area contributed by atoms with Gasteiger partial charge < -0.3 is 10.0 Å². The number of aliphatic carboxylic acids is 1. The van der Waals surface area contributed by atoms with Crippen molar-refractivity contribution in [1.82, 2.24) is 9.80 Å². The Morgan fingerprint density at radius 1 is 1.29 bits per heavy atom. The molecule has 1 N–H and O–H groups in total. The van der Waals surface area contributed by atoms with Crippen molar-refractivity contribution >= 4 is 5.97 Å². The van der Waals surface area contributed by atoms with Gasteiger partial charge in [0.1, 0.15) is 0 Å². The van der Waals surface area contributed by atoms with Crippen molar-refractivity contribution in [1.29, 1.82) is 0 Å². The second-order valence-corrected chi connectivity index (χ2v) is 4.52. The topological polar surface area (TPSA) is 43.8 Å². The molecule has 14 heavy (non-hydrogen) atoms. The highest BCUT2D eigenvalue weighted by atomic mass is 16.4. The van der Waals surface area contributed by atoms with Crippen molar-refractivity contribution in [2.24, 2.45) is 5.92 Å². The second kappa shape index (κ2) is 3.87. The highest BCUT2D eigenvalue weighted by Gasteiger charge is 2.33. The summed E-state index contributed by atoms with van der Waals surface area (Å²) < 4.78 is 0. The van der Waals surface area contributed by atoms with Crippen molar-refractivity contribution in [3.05, 3.63) is 0 Å². The number of carboxylic acid groups (broad SMARTS) is 1. The molecule has 0 radical (unpaired) electrons. The van der Waals surface area contributed by atoms with Gasteiger partial charge in [0, 0.05) is 19.1 Å². The fourth-order valence-corrected chi connectivity index (χ4v) is 2.41. The van der Waals surface area contributed by atoms with Crippen LogP contribution in [0.5, 0.6) is 0 Å². The van der Waals surface area contributed by atoms with Crippen molar-refractivity contribution in [2.45, 2.75) is 18.9 Å². The van der Waals surface area contributed by atoms with Crippen LogP contribution in [-0.2, 0) is 4.79 Å². The normalized spacial score (nSPS) is 27.5. The molecule has 4 heteroatoms. The Morgan fingerprint density at radius 3 is 2.29 bits per heavy atom. The lowest BCUT2D eigenvalue weighted by atomic mass is 9.94. The Morgan fingerprint density at radius 2 is 1.86 bits per heavy atom. The summed E-state index contributed by atoms with van der Waals surface area (Å²) in [5.74, 6) is -0.709. The minimum Gasteiger partial charge on any atom is -0.481 e. The molecule has 2 heterocycles. The van der Waals surface area contributed by atoms with Gasteiger partial charge in [0.2, 0.25) is 0 Å². The predicted octanol–water partition coefficient (Wildman–Crippen LogP) is 0.0970. The number of carboxylic acids is 1. The van der Waals surface area contributed by atoms with Gasteiger partial charge >= 0.3 is 5.97 Å². The van der Waals surface area contributed by atoms with E-state index in [4.69, 9.17) is 5.11 Å². The van der Waals surface area contributed by atoms with Crippen molar-refractivity contribution in [3.63, 3.8) is 0 Å². The standard InChI is InChI=1S/C10H18N2O2/c1-11-6-9(7-11)12-4-2-8(3-5-12)10(13)14/h8-9H,2-7H2,1H3,(H,13,14). The first-order valence-electron chi connectivity index (χ1n) is 5.32. The second-order valence-electron chi connectivity index (χ2n) is 4.52. The molecule has 0 atom stereocenters. The Balaban J connectivity index is 1.76. The Bertz CT molecular complexity index is 218. The number of nitrogens with zero attached hydrogens (tertiary/aromatic N) is 2. The predicted molar refractivity (Wildman–Crippen MR) is 53.2 cm³/mol. The van der Waals surface area contributed by atoms with E-state index >= 15 is 0 Å². The molecule has 0 saturated carbocycles. The van der Waals surface area contributed by atoms with E-state index < -0.39 is 5.97 Å². The van der Waals surface area contributed by atoms with Crippen LogP contribution in [0.3, 0.4) is 0 Å². The fourth-order valence-electron chi connectivity index (χ4n) is 2.41. The van der Waals surface area contributed by atoms with Crippen LogP contribution in [0, 0.1) is 5.92 Å². The third-order valence-corrected chi connectivity index (χ3v) is 3.44. The van der Waals surface area contributed by atoms with Crippen LogP contribution < -0.4 is 0 Å². The monoisotopic (exact) mass is 198 g/mol. The van der Waals surface area contributed by atoms with E-state index in [-0.39, 0.29) is 5.92 Å². The zero-order chi connectivity index (χ0) is 10.1. The summed E-state index contributed by atoms with van der Waals surface area (Å²) in [7, 11) is 2.13. The van der Waals surface area contributed by atoms with E-state index in [1.54, 1.807) is 0 Å². The Hall–Kier alpha value is -0.610. The average molecular weight is 198 g/mol. The summed E-state index contributed by atoms with van der Waals surface area (Å²) in [5.41, 5.74) is 0. The van der Waals surface area contributed by atoms with Crippen LogP contribution >= 0.6 is 0 Å². The maximum absolute atomic E-state index is 10.7. The summed E-state index contributed by atoms with van der Waals surface area (Å²) >= 11 is 0.